The number of H-pyrrole nitrogens is 1. The Bertz CT molecular complexity index is 894. The molecular weight excluding hydrogens is 324 g/mol. The molecule has 1 aromatic carbocycles. The molecule has 1 amide bonds. The molecule has 0 unspecified atom stereocenters. The van der Waals surface area contributed by atoms with Crippen LogP contribution in [0.5, 0.6) is 5.88 Å². The van der Waals surface area contributed by atoms with E-state index in [0.29, 0.717) is 12.1 Å². The summed E-state index contributed by atoms with van der Waals surface area (Å²) in [6.07, 6.45) is 2.94. The zero-order valence-corrected chi connectivity index (χ0v) is 14.1. The predicted octanol–water partition coefficient (Wildman–Crippen LogP) is 1.18. The Kier molecular flexibility index (Phi) is 5.89. The molecule has 0 aliphatic rings. The molecule has 25 heavy (non-hydrogen) atoms. The minimum absolute atomic E-state index is 0.226. The lowest BCUT2D eigenvalue weighted by Gasteiger charge is -2.09. The summed E-state index contributed by atoms with van der Waals surface area (Å²) in [6.45, 7) is 3.85. The van der Waals surface area contributed by atoms with Crippen molar-refractivity contribution in [3.63, 3.8) is 0 Å². The van der Waals surface area contributed by atoms with Crippen molar-refractivity contribution in [2.45, 2.75) is 33.1 Å². The molecule has 0 saturated heterocycles. The highest BCUT2D eigenvalue weighted by Crippen LogP contribution is 2.15. The van der Waals surface area contributed by atoms with E-state index < -0.39 is 17.1 Å². The second kappa shape index (κ2) is 8.09. The van der Waals surface area contributed by atoms with Crippen LogP contribution in [-0.4, -0.2) is 26.8 Å². The molecule has 8 heteroatoms. The molecule has 8 nitrogen and oxygen atoms in total. The Labute approximate surface area is 143 Å². The van der Waals surface area contributed by atoms with Crippen molar-refractivity contribution in [3.05, 3.63) is 56.2 Å². The fourth-order valence-corrected chi connectivity index (χ4v) is 2.15. The zero-order chi connectivity index (χ0) is 18.4. The molecule has 0 bridgehead atoms. The Morgan fingerprint density at radius 1 is 1.32 bits per heavy atom. The lowest BCUT2D eigenvalue weighted by molar-refractivity contribution is -0.121. The minimum atomic E-state index is -0.794. The van der Waals surface area contributed by atoms with E-state index >= 15 is 0 Å². The van der Waals surface area contributed by atoms with Gasteiger partial charge in [0.05, 0.1) is 11.9 Å². The molecule has 3 N–H and O–H groups in total. The fraction of sp³-hybridized carbons (Fsp3) is 0.294. The Morgan fingerprint density at radius 2 is 2.00 bits per heavy atom. The first kappa shape index (κ1) is 18.2. The second-order valence-corrected chi connectivity index (χ2v) is 5.56. The van der Waals surface area contributed by atoms with E-state index in [1.807, 2.05) is 13.8 Å². The lowest BCUT2D eigenvalue weighted by Crippen LogP contribution is -2.31. The normalized spacial score (nSPS) is 11.0. The zero-order valence-electron chi connectivity index (χ0n) is 14.1. The van der Waals surface area contributed by atoms with Gasteiger partial charge in [0.15, 0.2) is 0 Å². The van der Waals surface area contributed by atoms with E-state index in [-0.39, 0.29) is 11.5 Å². The molecule has 2 aromatic rings. The van der Waals surface area contributed by atoms with Gasteiger partial charge in [-0.3, -0.25) is 14.6 Å². The van der Waals surface area contributed by atoms with E-state index in [1.165, 1.54) is 0 Å². The molecule has 0 fully saturated rings. The predicted molar refractivity (Wildman–Crippen MR) is 94.3 cm³/mol. The van der Waals surface area contributed by atoms with E-state index in [0.717, 1.165) is 29.2 Å². The van der Waals surface area contributed by atoms with Gasteiger partial charge in [-0.15, -0.1) is 0 Å². The van der Waals surface area contributed by atoms with Gasteiger partial charge in [-0.2, -0.15) is 5.10 Å². The van der Waals surface area contributed by atoms with Crippen molar-refractivity contribution >= 4 is 12.1 Å². The number of nitrogens with one attached hydrogen (secondary N) is 2. The number of rotatable bonds is 6. The van der Waals surface area contributed by atoms with E-state index in [9.17, 15) is 19.5 Å². The van der Waals surface area contributed by atoms with Crippen LogP contribution in [0.3, 0.4) is 0 Å². The molecule has 0 atom stereocenters. The van der Waals surface area contributed by atoms with Crippen LogP contribution in [0.1, 0.15) is 37.3 Å². The molecule has 0 saturated carbocycles. The quantitative estimate of drug-likeness (QED) is 0.539. The summed E-state index contributed by atoms with van der Waals surface area (Å²) in [4.78, 5) is 37.6. The van der Waals surface area contributed by atoms with Crippen molar-refractivity contribution in [1.82, 2.24) is 15.0 Å². The summed E-state index contributed by atoms with van der Waals surface area (Å²) in [5, 5.41) is 14.0. The van der Waals surface area contributed by atoms with Crippen LogP contribution in [0.25, 0.3) is 5.69 Å². The third-order valence-corrected chi connectivity index (χ3v) is 3.55. The fourth-order valence-electron chi connectivity index (χ4n) is 2.15. The van der Waals surface area contributed by atoms with Crippen molar-refractivity contribution in [1.29, 1.82) is 0 Å². The molecule has 1 heterocycles. The number of aromatic amines is 1. The monoisotopic (exact) mass is 344 g/mol. The summed E-state index contributed by atoms with van der Waals surface area (Å²) < 4.78 is 0.959. The molecule has 1 aromatic heterocycles. The van der Waals surface area contributed by atoms with Crippen LogP contribution >= 0.6 is 0 Å². The number of hydrogen-bond acceptors (Lipinski definition) is 5. The molecule has 0 radical (unpaired) electrons. The number of nitrogens with zero attached hydrogens (tertiary/aromatic N) is 2. The number of amides is 1. The highest BCUT2D eigenvalue weighted by molar-refractivity contribution is 5.84. The summed E-state index contributed by atoms with van der Waals surface area (Å²) in [7, 11) is 0. The average Bonchev–Trinajstić information content (AvgIpc) is 2.57. The van der Waals surface area contributed by atoms with Crippen LogP contribution < -0.4 is 16.7 Å². The molecule has 2 rings (SSSR count). The molecular formula is C17H20N4O4. The van der Waals surface area contributed by atoms with Gasteiger partial charge in [-0.25, -0.2) is 14.8 Å². The first-order valence-corrected chi connectivity index (χ1v) is 7.91. The van der Waals surface area contributed by atoms with Gasteiger partial charge in [0.1, 0.15) is 5.56 Å². The summed E-state index contributed by atoms with van der Waals surface area (Å²) in [5.74, 6) is -0.843. The Balaban J connectivity index is 2.35. The maximum atomic E-state index is 12.0. The largest absolute Gasteiger partial charge is 0.493 e. The number of benzene rings is 1. The topological polar surface area (TPSA) is 117 Å². The van der Waals surface area contributed by atoms with E-state index in [4.69, 9.17) is 0 Å². The Hall–Kier alpha value is -3.16. The molecule has 132 valence electrons. The van der Waals surface area contributed by atoms with Gasteiger partial charge in [0.2, 0.25) is 11.8 Å². The van der Waals surface area contributed by atoms with Crippen molar-refractivity contribution < 1.29 is 9.90 Å². The summed E-state index contributed by atoms with van der Waals surface area (Å²) in [5.41, 5.74) is 1.87. The molecule has 0 aliphatic carbocycles. The minimum Gasteiger partial charge on any atom is -0.493 e. The second-order valence-electron chi connectivity index (χ2n) is 5.56. The lowest BCUT2D eigenvalue weighted by atomic mass is 10.2. The first-order chi connectivity index (χ1) is 11.9. The smallest absolute Gasteiger partial charge is 0.335 e. The summed E-state index contributed by atoms with van der Waals surface area (Å²) >= 11 is 0. The number of hydrazone groups is 1. The SMILES string of the molecule is CCCCC(=O)NN=Cc1c(O)n(-c2ccc(C)cc2)c(=O)[nH]c1=O. The van der Waals surface area contributed by atoms with Gasteiger partial charge in [0, 0.05) is 6.42 Å². The van der Waals surface area contributed by atoms with Crippen LogP contribution in [0.15, 0.2) is 39.0 Å². The highest BCUT2D eigenvalue weighted by atomic mass is 16.3. The third-order valence-electron chi connectivity index (χ3n) is 3.55. The van der Waals surface area contributed by atoms with Gasteiger partial charge in [-0.05, 0) is 25.5 Å². The molecule has 0 aliphatic heterocycles. The average molecular weight is 344 g/mol. The number of aromatic nitrogens is 2. The van der Waals surface area contributed by atoms with Gasteiger partial charge in [0.25, 0.3) is 5.56 Å². The maximum absolute atomic E-state index is 12.0. The van der Waals surface area contributed by atoms with Crippen molar-refractivity contribution in [2.24, 2.45) is 5.10 Å². The van der Waals surface area contributed by atoms with Crippen LogP contribution in [-0.2, 0) is 4.79 Å². The van der Waals surface area contributed by atoms with Crippen molar-refractivity contribution in [3.8, 4) is 11.6 Å². The van der Waals surface area contributed by atoms with Gasteiger partial charge in [-0.1, -0.05) is 31.0 Å². The highest BCUT2D eigenvalue weighted by Gasteiger charge is 2.14. The first-order valence-electron chi connectivity index (χ1n) is 7.91. The van der Waals surface area contributed by atoms with Gasteiger partial charge < -0.3 is 5.11 Å². The maximum Gasteiger partial charge on any atom is 0.335 e. The molecule has 0 spiro atoms. The Morgan fingerprint density at radius 3 is 2.64 bits per heavy atom. The number of carbonyl (C=O) groups is 1. The van der Waals surface area contributed by atoms with E-state index in [2.05, 4.69) is 15.5 Å². The number of aryl methyl sites for hydroxylation is 1. The van der Waals surface area contributed by atoms with Gasteiger partial charge >= 0.3 is 5.69 Å². The van der Waals surface area contributed by atoms with Crippen molar-refractivity contribution in [2.75, 3.05) is 0 Å². The summed E-state index contributed by atoms with van der Waals surface area (Å²) in [6, 6.07) is 6.83. The third kappa shape index (κ3) is 4.43. The standard InChI is InChI=1S/C17H20N4O4/c1-3-4-5-14(22)20-18-10-13-15(23)19-17(25)21(16(13)24)12-8-6-11(2)7-9-12/h6-10,24H,3-5H2,1-2H3,(H,20,22)(H,19,23,25). The van der Waals surface area contributed by atoms with Crippen LogP contribution in [0.2, 0.25) is 0 Å². The number of aromatic hydroxyl groups is 1. The van der Waals surface area contributed by atoms with E-state index in [1.54, 1.807) is 24.3 Å². The van der Waals surface area contributed by atoms with Crippen LogP contribution in [0.4, 0.5) is 0 Å². The van der Waals surface area contributed by atoms with Crippen LogP contribution in [0, 0.1) is 6.92 Å². The number of hydrogen-bond donors (Lipinski definition) is 3. The number of unbranched alkanes of at least 4 members (excludes halogenated alkanes) is 1. The number of carbonyl (C=O) groups excluding carboxylic acids is 1.